The molecule has 3 aromatic rings. The standard InChI is InChI=1S/C18H20N4OS/c1-13-4-3-5-16(14(13)2)20-6-8-21(9-7-20)17(23)15-12-22-10-11-24-18(22)19-15/h3-5,10-12H,6-9H2,1-2H3. The summed E-state index contributed by atoms with van der Waals surface area (Å²) in [4.78, 5) is 22.2. The van der Waals surface area contributed by atoms with Crippen LogP contribution in [-0.2, 0) is 0 Å². The van der Waals surface area contributed by atoms with Gasteiger partial charge in [-0.1, -0.05) is 12.1 Å². The van der Waals surface area contributed by atoms with Crippen LogP contribution in [0.1, 0.15) is 21.6 Å². The van der Waals surface area contributed by atoms with Gasteiger partial charge in [0, 0.05) is 49.6 Å². The van der Waals surface area contributed by atoms with Crippen LogP contribution in [0.15, 0.2) is 36.0 Å². The lowest BCUT2D eigenvalue weighted by molar-refractivity contribution is 0.0741. The molecule has 4 rings (SSSR count). The third-order valence-electron chi connectivity index (χ3n) is 4.80. The normalized spacial score (nSPS) is 15.2. The summed E-state index contributed by atoms with van der Waals surface area (Å²) in [5, 5.41) is 1.97. The van der Waals surface area contributed by atoms with Crippen molar-refractivity contribution >= 4 is 27.9 Å². The predicted octanol–water partition coefficient (Wildman–Crippen LogP) is 2.98. The highest BCUT2D eigenvalue weighted by molar-refractivity contribution is 7.15. The number of piperazine rings is 1. The van der Waals surface area contributed by atoms with Gasteiger partial charge < -0.3 is 9.80 Å². The van der Waals surface area contributed by atoms with Crippen LogP contribution in [0.4, 0.5) is 5.69 Å². The molecule has 0 radical (unpaired) electrons. The fraction of sp³-hybridized carbons (Fsp3) is 0.333. The highest BCUT2D eigenvalue weighted by Gasteiger charge is 2.24. The van der Waals surface area contributed by atoms with Crippen LogP contribution in [0.5, 0.6) is 0 Å². The Bertz CT molecular complexity index is 861. The molecule has 0 atom stereocenters. The molecule has 6 heteroatoms. The molecule has 5 nitrogen and oxygen atoms in total. The van der Waals surface area contributed by atoms with Gasteiger partial charge in [0.2, 0.25) is 0 Å². The highest BCUT2D eigenvalue weighted by atomic mass is 32.1. The Labute approximate surface area is 145 Å². The number of hydrogen-bond acceptors (Lipinski definition) is 4. The number of imidazole rings is 1. The number of fused-ring (bicyclic) bond motifs is 1. The average Bonchev–Trinajstić information content (AvgIpc) is 3.19. The number of carbonyl (C=O) groups excluding carboxylic acids is 1. The second-order valence-corrected chi connectivity index (χ2v) is 7.09. The number of amides is 1. The Morgan fingerprint density at radius 2 is 1.96 bits per heavy atom. The largest absolute Gasteiger partial charge is 0.368 e. The van der Waals surface area contributed by atoms with E-state index in [1.807, 2.05) is 27.1 Å². The van der Waals surface area contributed by atoms with Gasteiger partial charge in [-0.2, -0.15) is 0 Å². The Balaban J connectivity index is 1.46. The van der Waals surface area contributed by atoms with E-state index >= 15 is 0 Å². The molecule has 3 heterocycles. The molecule has 0 aliphatic carbocycles. The topological polar surface area (TPSA) is 40.9 Å². The first kappa shape index (κ1) is 15.2. The zero-order valence-electron chi connectivity index (χ0n) is 13.9. The molecule has 1 amide bonds. The maximum atomic E-state index is 12.7. The van der Waals surface area contributed by atoms with E-state index in [2.05, 4.69) is 41.9 Å². The minimum atomic E-state index is 0.0338. The molecule has 2 aromatic heterocycles. The number of benzene rings is 1. The van der Waals surface area contributed by atoms with Gasteiger partial charge in [0.15, 0.2) is 4.96 Å². The molecule has 0 spiro atoms. The molecule has 1 aliphatic rings. The number of carbonyl (C=O) groups is 1. The second kappa shape index (κ2) is 5.94. The molecule has 1 aromatic carbocycles. The molecule has 1 aliphatic heterocycles. The van der Waals surface area contributed by atoms with E-state index in [9.17, 15) is 4.79 Å². The van der Waals surface area contributed by atoms with Gasteiger partial charge in [-0.25, -0.2) is 4.98 Å². The van der Waals surface area contributed by atoms with Crippen LogP contribution >= 0.6 is 11.3 Å². The van der Waals surface area contributed by atoms with E-state index in [0.717, 1.165) is 31.1 Å². The summed E-state index contributed by atoms with van der Waals surface area (Å²) in [6.07, 6.45) is 3.76. The van der Waals surface area contributed by atoms with E-state index in [1.165, 1.54) is 16.8 Å². The van der Waals surface area contributed by atoms with Gasteiger partial charge in [-0.15, -0.1) is 11.3 Å². The first-order chi connectivity index (χ1) is 11.6. The van der Waals surface area contributed by atoms with Gasteiger partial charge in [-0.3, -0.25) is 9.20 Å². The fourth-order valence-corrected chi connectivity index (χ4v) is 3.92. The molecule has 124 valence electrons. The Morgan fingerprint density at radius 1 is 1.17 bits per heavy atom. The van der Waals surface area contributed by atoms with Crippen LogP contribution in [0.25, 0.3) is 4.96 Å². The third kappa shape index (κ3) is 2.57. The van der Waals surface area contributed by atoms with Crippen molar-refractivity contribution < 1.29 is 4.79 Å². The Hall–Kier alpha value is -2.34. The van der Waals surface area contributed by atoms with Crippen LogP contribution < -0.4 is 4.90 Å². The number of aryl methyl sites for hydroxylation is 1. The number of anilines is 1. The van der Waals surface area contributed by atoms with Crippen LogP contribution in [0, 0.1) is 13.8 Å². The van der Waals surface area contributed by atoms with Crippen molar-refractivity contribution in [1.29, 1.82) is 0 Å². The van der Waals surface area contributed by atoms with Gasteiger partial charge in [0.25, 0.3) is 5.91 Å². The average molecular weight is 340 g/mol. The van der Waals surface area contributed by atoms with Crippen molar-refractivity contribution in [2.24, 2.45) is 0 Å². The van der Waals surface area contributed by atoms with Gasteiger partial charge in [0.05, 0.1) is 0 Å². The minimum Gasteiger partial charge on any atom is -0.368 e. The van der Waals surface area contributed by atoms with E-state index in [1.54, 1.807) is 11.3 Å². The summed E-state index contributed by atoms with van der Waals surface area (Å²) < 4.78 is 1.91. The summed E-state index contributed by atoms with van der Waals surface area (Å²) in [7, 11) is 0. The zero-order valence-corrected chi connectivity index (χ0v) is 14.7. The first-order valence-electron chi connectivity index (χ1n) is 8.16. The van der Waals surface area contributed by atoms with Crippen molar-refractivity contribution in [3.8, 4) is 0 Å². The lowest BCUT2D eigenvalue weighted by Gasteiger charge is -2.36. The van der Waals surface area contributed by atoms with Crippen LogP contribution in [-0.4, -0.2) is 46.4 Å². The molecular formula is C18H20N4OS. The smallest absolute Gasteiger partial charge is 0.274 e. The quantitative estimate of drug-likeness (QED) is 0.720. The molecule has 0 bridgehead atoms. The van der Waals surface area contributed by atoms with Crippen molar-refractivity contribution in [3.63, 3.8) is 0 Å². The van der Waals surface area contributed by atoms with Crippen molar-refractivity contribution in [3.05, 3.63) is 52.8 Å². The van der Waals surface area contributed by atoms with Crippen molar-refractivity contribution in [2.45, 2.75) is 13.8 Å². The minimum absolute atomic E-state index is 0.0338. The third-order valence-corrected chi connectivity index (χ3v) is 5.57. The molecule has 24 heavy (non-hydrogen) atoms. The highest BCUT2D eigenvalue weighted by Crippen LogP contribution is 2.24. The molecule has 1 saturated heterocycles. The number of hydrogen-bond donors (Lipinski definition) is 0. The summed E-state index contributed by atoms with van der Waals surface area (Å²) in [6.45, 7) is 7.49. The van der Waals surface area contributed by atoms with Gasteiger partial charge >= 0.3 is 0 Å². The van der Waals surface area contributed by atoms with Crippen LogP contribution in [0.2, 0.25) is 0 Å². The monoisotopic (exact) mass is 340 g/mol. The number of aromatic nitrogens is 2. The van der Waals surface area contributed by atoms with Crippen LogP contribution in [0.3, 0.4) is 0 Å². The van der Waals surface area contributed by atoms with Crippen molar-refractivity contribution in [2.75, 3.05) is 31.1 Å². The SMILES string of the molecule is Cc1cccc(N2CCN(C(=O)c3cn4ccsc4n3)CC2)c1C. The van der Waals surface area contributed by atoms with E-state index < -0.39 is 0 Å². The van der Waals surface area contributed by atoms with Gasteiger partial charge in [0.1, 0.15) is 5.69 Å². The maximum absolute atomic E-state index is 12.7. The molecule has 0 saturated carbocycles. The van der Waals surface area contributed by atoms with E-state index in [0.29, 0.717) is 5.69 Å². The zero-order chi connectivity index (χ0) is 16.7. The Kier molecular flexibility index (Phi) is 3.76. The fourth-order valence-electron chi connectivity index (χ4n) is 3.22. The molecule has 0 unspecified atom stereocenters. The first-order valence-corrected chi connectivity index (χ1v) is 9.04. The number of thiazole rings is 1. The Morgan fingerprint density at radius 3 is 2.71 bits per heavy atom. The second-order valence-electron chi connectivity index (χ2n) is 6.22. The van der Waals surface area contributed by atoms with Gasteiger partial charge in [-0.05, 0) is 31.0 Å². The maximum Gasteiger partial charge on any atom is 0.274 e. The number of rotatable bonds is 2. The predicted molar refractivity (Wildman–Crippen MR) is 97.1 cm³/mol. The molecule has 0 N–H and O–H groups in total. The molecule has 1 fully saturated rings. The summed E-state index contributed by atoms with van der Waals surface area (Å²) in [5.41, 5.74) is 4.46. The summed E-state index contributed by atoms with van der Waals surface area (Å²) in [6, 6.07) is 6.42. The summed E-state index contributed by atoms with van der Waals surface area (Å²) >= 11 is 1.55. The van der Waals surface area contributed by atoms with Crippen molar-refractivity contribution in [1.82, 2.24) is 14.3 Å². The lowest BCUT2D eigenvalue weighted by atomic mass is 10.1. The molecular weight excluding hydrogens is 320 g/mol. The number of nitrogens with zero attached hydrogens (tertiary/aromatic N) is 4. The lowest BCUT2D eigenvalue weighted by Crippen LogP contribution is -2.49. The van der Waals surface area contributed by atoms with E-state index in [-0.39, 0.29) is 5.91 Å². The summed E-state index contributed by atoms with van der Waals surface area (Å²) in [5.74, 6) is 0.0338. The van der Waals surface area contributed by atoms with E-state index in [4.69, 9.17) is 0 Å².